The first-order chi connectivity index (χ1) is 13.2. The summed E-state index contributed by atoms with van der Waals surface area (Å²) in [5.74, 6) is 0.220. The Kier molecular flexibility index (Phi) is 5.21. The van der Waals surface area contributed by atoms with Crippen molar-refractivity contribution in [2.75, 3.05) is 13.1 Å². The number of carbonyl (C=O) groups is 1. The number of hydrogen-bond donors (Lipinski definition) is 1. The number of likely N-dealkylation sites (tertiary alicyclic amines) is 1. The number of carbonyl (C=O) groups excluding carboxylic acids is 1. The van der Waals surface area contributed by atoms with Crippen molar-refractivity contribution in [2.45, 2.75) is 38.8 Å². The molecule has 0 bridgehead atoms. The van der Waals surface area contributed by atoms with Gasteiger partial charge in [-0.3, -0.25) is 4.79 Å². The van der Waals surface area contributed by atoms with Gasteiger partial charge in [-0.1, -0.05) is 30.3 Å². The van der Waals surface area contributed by atoms with Gasteiger partial charge in [-0.15, -0.1) is 0 Å². The molecule has 0 aliphatic carbocycles. The van der Waals surface area contributed by atoms with Gasteiger partial charge < -0.3 is 14.6 Å². The van der Waals surface area contributed by atoms with Crippen LogP contribution in [0.1, 0.15) is 29.7 Å². The second-order valence-corrected chi connectivity index (χ2v) is 7.40. The van der Waals surface area contributed by atoms with Crippen molar-refractivity contribution in [3.8, 4) is 0 Å². The maximum Gasteiger partial charge on any atom is 0.227 e. The molecule has 1 aliphatic rings. The molecule has 1 saturated heterocycles. The van der Waals surface area contributed by atoms with Gasteiger partial charge in [-0.2, -0.15) is 0 Å². The molecule has 27 heavy (non-hydrogen) atoms. The second-order valence-electron chi connectivity index (χ2n) is 7.40. The molecule has 3 aromatic rings. The first kappa shape index (κ1) is 17.7. The minimum Gasteiger partial charge on any atom is -0.341 e. The molecule has 5 heteroatoms. The van der Waals surface area contributed by atoms with Crippen LogP contribution in [0.25, 0.3) is 5.65 Å². The van der Waals surface area contributed by atoms with E-state index in [1.807, 2.05) is 41.4 Å². The molecule has 140 valence electrons. The van der Waals surface area contributed by atoms with Crippen LogP contribution in [0.4, 0.5) is 0 Å². The molecule has 0 spiro atoms. The largest absolute Gasteiger partial charge is 0.341 e. The predicted molar refractivity (Wildman–Crippen MR) is 107 cm³/mol. The van der Waals surface area contributed by atoms with Crippen molar-refractivity contribution >= 4 is 11.6 Å². The summed E-state index contributed by atoms with van der Waals surface area (Å²) in [6, 6.07) is 14.5. The van der Waals surface area contributed by atoms with Crippen molar-refractivity contribution in [1.82, 2.24) is 19.6 Å². The number of aromatic nitrogens is 2. The van der Waals surface area contributed by atoms with E-state index in [1.165, 1.54) is 5.56 Å². The Morgan fingerprint density at radius 2 is 2.11 bits per heavy atom. The molecule has 2 aromatic heterocycles. The third kappa shape index (κ3) is 4.19. The summed E-state index contributed by atoms with van der Waals surface area (Å²) >= 11 is 0. The molecular weight excluding hydrogens is 336 g/mol. The number of benzene rings is 1. The Morgan fingerprint density at radius 3 is 2.96 bits per heavy atom. The first-order valence-corrected chi connectivity index (χ1v) is 9.67. The van der Waals surface area contributed by atoms with Crippen molar-refractivity contribution < 1.29 is 4.79 Å². The number of rotatable bonds is 5. The van der Waals surface area contributed by atoms with Crippen LogP contribution >= 0.6 is 0 Å². The number of nitrogens with one attached hydrogen (secondary N) is 1. The summed E-state index contributed by atoms with van der Waals surface area (Å²) in [6.45, 7) is 4.48. The van der Waals surface area contributed by atoms with Crippen molar-refractivity contribution in [3.05, 3.63) is 71.7 Å². The number of nitrogens with zero attached hydrogens (tertiary/aromatic N) is 3. The zero-order valence-electron chi connectivity index (χ0n) is 15.8. The lowest BCUT2D eigenvalue weighted by Gasteiger charge is -2.33. The van der Waals surface area contributed by atoms with Crippen LogP contribution in [0, 0.1) is 6.92 Å². The minimum atomic E-state index is 0.220. The Hall–Kier alpha value is -2.66. The van der Waals surface area contributed by atoms with Gasteiger partial charge in [0.05, 0.1) is 18.3 Å². The second kappa shape index (κ2) is 7.92. The zero-order chi connectivity index (χ0) is 18.6. The van der Waals surface area contributed by atoms with Crippen LogP contribution in [0.5, 0.6) is 0 Å². The lowest BCUT2D eigenvalue weighted by Crippen LogP contribution is -2.48. The molecular formula is C22H26N4O. The number of hydrogen-bond acceptors (Lipinski definition) is 3. The van der Waals surface area contributed by atoms with Gasteiger partial charge >= 0.3 is 0 Å². The Labute approximate surface area is 160 Å². The normalized spacial score (nSPS) is 17.4. The molecule has 1 unspecified atom stereocenters. The highest BCUT2D eigenvalue weighted by Gasteiger charge is 2.23. The van der Waals surface area contributed by atoms with Crippen LogP contribution in [0.15, 0.2) is 54.9 Å². The van der Waals surface area contributed by atoms with Crippen LogP contribution < -0.4 is 5.32 Å². The van der Waals surface area contributed by atoms with Gasteiger partial charge in [0.15, 0.2) is 0 Å². The van der Waals surface area contributed by atoms with E-state index in [1.54, 1.807) is 0 Å². The predicted octanol–water partition coefficient (Wildman–Crippen LogP) is 2.97. The molecule has 4 rings (SSSR count). The van der Waals surface area contributed by atoms with E-state index in [9.17, 15) is 4.79 Å². The molecule has 1 N–H and O–H groups in total. The van der Waals surface area contributed by atoms with Crippen LogP contribution in [0.2, 0.25) is 0 Å². The Morgan fingerprint density at radius 1 is 1.26 bits per heavy atom. The molecule has 3 heterocycles. The quantitative estimate of drug-likeness (QED) is 0.759. The van der Waals surface area contributed by atoms with Gasteiger partial charge in [0.2, 0.25) is 5.91 Å². The Balaban J connectivity index is 1.35. The molecule has 1 atom stereocenters. The van der Waals surface area contributed by atoms with Crippen molar-refractivity contribution in [1.29, 1.82) is 0 Å². The minimum absolute atomic E-state index is 0.220. The van der Waals surface area contributed by atoms with Gasteiger partial charge in [0.1, 0.15) is 5.65 Å². The summed E-state index contributed by atoms with van der Waals surface area (Å²) in [6.07, 6.45) is 6.64. The molecule has 1 amide bonds. The highest BCUT2D eigenvalue weighted by atomic mass is 16.2. The maximum absolute atomic E-state index is 12.6. The summed E-state index contributed by atoms with van der Waals surface area (Å²) in [7, 11) is 0. The van der Waals surface area contributed by atoms with Crippen LogP contribution in [-0.4, -0.2) is 39.3 Å². The SMILES string of the molecule is Cc1ccn2c(CNC3CCCN(C(=O)Cc4ccccc4)C3)cnc2c1. The topological polar surface area (TPSA) is 49.6 Å². The molecule has 1 fully saturated rings. The van der Waals surface area contributed by atoms with E-state index < -0.39 is 0 Å². The molecule has 0 radical (unpaired) electrons. The average molecular weight is 362 g/mol. The van der Waals surface area contributed by atoms with E-state index in [-0.39, 0.29) is 5.91 Å². The Bertz CT molecular complexity index is 918. The lowest BCUT2D eigenvalue weighted by molar-refractivity contribution is -0.131. The molecule has 1 aromatic carbocycles. The van der Waals surface area contributed by atoms with Gasteiger partial charge in [0, 0.05) is 31.9 Å². The van der Waals surface area contributed by atoms with Crippen LogP contribution in [-0.2, 0) is 17.8 Å². The third-order valence-corrected chi connectivity index (χ3v) is 5.29. The smallest absolute Gasteiger partial charge is 0.227 e. The number of aryl methyl sites for hydroxylation is 1. The maximum atomic E-state index is 12.6. The standard InChI is InChI=1S/C22H26N4O/c1-17-9-11-26-20(15-24-21(26)12-17)14-23-19-8-5-10-25(16-19)22(27)13-18-6-3-2-4-7-18/h2-4,6-7,9,11-12,15,19,23H,5,8,10,13-14,16H2,1H3. The monoisotopic (exact) mass is 362 g/mol. The first-order valence-electron chi connectivity index (χ1n) is 9.67. The molecule has 5 nitrogen and oxygen atoms in total. The van der Waals surface area contributed by atoms with E-state index >= 15 is 0 Å². The van der Waals surface area contributed by atoms with E-state index in [4.69, 9.17) is 0 Å². The fourth-order valence-electron chi connectivity index (χ4n) is 3.77. The zero-order valence-corrected chi connectivity index (χ0v) is 15.8. The number of imidazole rings is 1. The summed E-state index contributed by atoms with van der Waals surface area (Å²) in [5.41, 5.74) is 4.43. The summed E-state index contributed by atoms with van der Waals surface area (Å²) in [5, 5.41) is 3.62. The van der Waals surface area contributed by atoms with E-state index in [0.29, 0.717) is 12.5 Å². The number of pyridine rings is 1. The summed E-state index contributed by atoms with van der Waals surface area (Å²) in [4.78, 5) is 19.1. The van der Waals surface area contributed by atoms with Gasteiger partial charge in [-0.05, 0) is 43.0 Å². The molecule has 0 saturated carbocycles. The van der Waals surface area contributed by atoms with Gasteiger partial charge in [0.25, 0.3) is 0 Å². The lowest BCUT2D eigenvalue weighted by atomic mass is 10.0. The number of fused-ring (bicyclic) bond motifs is 1. The van der Waals surface area contributed by atoms with Gasteiger partial charge in [-0.25, -0.2) is 4.98 Å². The molecule has 1 aliphatic heterocycles. The van der Waals surface area contributed by atoms with Crippen LogP contribution in [0.3, 0.4) is 0 Å². The fourth-order valence-corrected chi connectivity index (χ4v) is 3.77. The number of piperidine rings is 1. The fraction of sp³-hybridized carbons (Fsp3) is 0.364. The van der Waals surface area contributed by atoms with Crippen molar-refractivity contribution in [3.63, 3.8) is 0 Å². The van der Waals surface area contributed by atoms with E-state index in [2.05, 4.69) is 40.0 Å². The van der Waals surface area contributed by atoms with E-state index in [0.717, 1.165) is 49.4 Å². The highest BCUT2D eigenvalue weighted by Crippen LogP contribution is 2.14. The number of amides is 1. The van der Waals surface area contributed by atoms with Crippen molar-refractivity contribution in [2.24, 2.45) is 0 Å². The third-order valence-electron chi connectivity index (χ3n) is 5.29. The highest BCUT2D eigenvalue weighted by molar-refractivity contribution is 5.78. The summed E-state index contributed by atoms with van der Waals surface area (Å²) < 4.78 is 2.13. The average Bonchev–Trinajstić information content (AvgIpc) is 3.09.